The zero-order valence-electron chi connectivity index (χ0n) is 35.1. The lowest BCUT2D eigenvalue weighted by atomic mass is 9.96. The Morgan fingerprint density at radius 2 is 1.00 bits per heavy atom. The average molecular weight is 854 g/mol. The van der Waals surface area contributed by atoms with Crippen molar-refractivity contribution in [2.45, 2.75) is 44.7 Å². The van der Waals surface area contributed by atoms with Crippen LogP contribution in [0, 0.1) is 0 Å². The van der Waals surface area contributed by atoms with Crippen LogP contribution >= 0.6 is 24.8 Å². The van der Waals surface area contributed by atoms with E-state index in [9.17, 15) is 0 Å². The molecule has 1 N–H and O–H groups in total. The highest BCUT2D eigenvalue weighted by Gasteiger charge is 2.27. The van der Waals surface area contributed by atoms with E-state index in [1.807, 2.05) is 6.07 Å². The Morgan fingerprint density at radius 3 is 1.40 bits per heavy atom. The van der Waals surface area contributed by atoms with E-state index in [4.69, 9.17) is 9.84 Å². The fraction of sp³-hybridized carbons (Fsp3) is 0.396. The molecule has 2 aliphatic rings. The van der Waals surface area contributed by atoms with Gasteiger partial charge >= 0.3 is 0 Å². The minimum Gasteiger partial charge on any atom is -0.476 e. The standard InChI is InChI=1S/C28H34N6O.C20H26N2O.2ClH/c1-22(2)25-20-26-29-21-30-34(26)31-28(25)35-19-9-14-32-15-17-33(18-16-32)27(23-10-5-3-6-11-23)24-12-7-4-8-13-24;23-17-7-12-21-13-15-22(16-14-21)20(18-8-3-1-4-9-18)19-10-5-2-6-11-19;;/h3-8,10-13,20-22,27H,9,14-19H2,1-2H3;1-6,8-11,20,23H,7,12-17H2;2*1H. The van der Waals surface area contributed by atoms with Crippen molar-refractivity contribution in [3.05, 3.63) is 162 Å². The van der Waals surface area contributed by atoms with Gasteiger partial charge in [-0.2, -0.15) is 0 Å². The fourth-order valence-corrected chi connectivity index (χ4v) is 8.30. The quantitative estimate of drug-likeness (QED) is 0.103. The van der Waals surface area contributed by atoms with Crippen molar-refractivity contribution in [1.82, 2.24) is 39.4 Å². The van der Waals surface area contributed by atoms with Gasteiger partial charge in [-0.3, -0.25) is 9.80 Å². The number of hydrogen-bond donors (Lipinski definition) is 1. The molecule has 0 bridgehead atoms. The number of nitrogens with zero attached hydrogens (tertiary/aromatic N) is 8. The monoisotopic (exact) mass is 852 g/mol. The molecule has 0 atom stereocenters. The van der Waals surface area contributed by atoms with Gasteiger partial charge < -0.3 is 19.6 Å². The number of aliphatic hydroxyl groups is 1. The summed E-state index contributed by atoms with van der Waals surface area (Å²) >= 11 is 0. The number of benzene rings is 4. The van der Waals surface area contributed by atoms with E-state index in [1.54, 1.807) is 0 Å². The van der Waals surface area contributed by atoms with Gasteiger partial charge in [-0.15, -0.1) is 39.6 Å². The van der Waals surface area contributed by atoms with Crippen molar-refractivity contribution in [1.29, 1.82) is 0 Å². The number of aromatic nitrogens is 4. The van der Waals surface area contributed by atoms with Crippen LogP contribution in [0.4, 0.5) is 0 Å². The zero-order valence-corrected chi connectivity index (χ0v) is 36.7. The minimum absolute atomic E-state index is 0. The molecule has 2 aromatic heterocycles. The number of rotatable bonds is 15. The lowest BCUT2D eigenvalue weighted by Gasteiger charge is -2.39. The molecule has 4 aromatic carbocycles. The number of fused-ring (bicyclic) bond motifs is 1. The molecular weight excluding hydrogens is 791 g/mol. The maximum Gasteiger partial charge on any atom is 0.237 e. The van der Waals surface area contributed by atoms with Crippen molar-refractivity contribution in [2.24, 2.45) is 0 Å². The Hall–Kier alpha value is -4.39. The highest BCUT2D eigenvalue weighted by molar-refractivity contribution is 5.85. The van der Waals surface area contributed by atoms with Crippen LogP contribution in [0.5, 0.6) is 5.88 Å². The van der Waals surface area contributed by atoms with E-state index in [2.05, 4.69) is 170 Å². The maximum atomic E-state index is 9.00. The summed E-state index contributed by atoms with van der Waals surface area (Å²) in [4.78, 5) is 14.4. The summed E-state index contributed by atoms with van der Waals surface area (Å²) in [6, 6.07) is 46.0. The van der Waals surface area contributed by atoms with Crippen LogP contribution < -0.4 is 4.74 Å². The van der Waals surface area contributed by atoms with Gasteiger partial charge in [-0.25, -0.2) is 4.98 Å². The molecule has 12 heteroatoms. The Morgan fingerprint density at radius 1 is 0.583 bits per heavy atom. The Balaban J connectivity index is 0.000000238. The third-order valence-corrected chi connectivity index (χ3v) is 11.4. The molecule has 2 fully saturated rings. The molecule has 0 saturated carbocycles. The molecule has 0 amide bonds. The molecule has 60 heavy (non-hydrogen) atoms. The molecular formula is C48H62Cl2N8O2. The van der Waals surface area contributed by atoms with E-state index in [-0.39, 0.29) is 31.4 Å². The van der Waals surface area contributed by atoms with Gasteiger partial charge in [-0.05, 0) is 47.1 Å². The van der Waals surface area contributed by atoms with Crippen LogP contribution in [-0.4, -0.2) is 123 Å². The molecule has 0 spiro atoms. The Kier molecular flexibility index (Phi) is 18.8. The lowest BCUT2D eigenvalue weighted by molar-refractivity contribution is 0.104. The second kappa shape index (κ2) is 24.2. The number of aliphatic hydroxyl groups excluding tert-OH is 1. The van der Waals surface area contributed by atoms with Crippen molar-refractivity contribution in [3.8, 4) is 5.88 Å². The van der Waals surface area contributed by atoms with Crippen LogP contribution in [0.3, 0.4) is 0 Å². The van der Waals surface area contributed by atoms with Crippen LogP contribution in [0.2, 0.25) is 0 Å². The van der Waals surface area contributed by atoms with Crippen LogP contribution in [0.25, 0.3) is 5.65 Å². The summed E-state index contributed by atoms with van der Waals surface area (Å²) in [5.74, 6) is 0.978. The summed E-state index contributed by atoms with van der Waals surface area (Å²) in [5.41, 5.74) is 7.27. The first kappa shape index (κ1) is 46.7. The second-order valence-corrected chi connectivity index (χ2v) is 15.6. The smallest absolute Gasteiger partial charge is 0.237 e. The summed E-state index contributed by atoms with van der Waals surface area (Å²) in [6.45, 7) is 15.8. The predicted octanol–water partition coefficient (Wildman–Crippen LogP) is 8.04. The second-order valence-electron chi connectivity index (χ2n) is 15.6. The van der Waals surface area contributed by atoms with Gasteiger partial charge in [-0.1, -0.05) is 135 Å². The molecule has 320 valence electrons. The normalized spacial score (nSPS) is 15.4. The third kappa shape index (κ3) is 12.6. The van der Waals surface area contributed by atoms with Crippen LogP contribution in [0.1, 0.15) is 72.5 Å². The average Bonchev–Trinajstić information content (AvgIpc) is 3.75. The largest absolute Gasteiger partial charge is 0.476 e. The molecule has 4 heterocycles. The number of halogens is 2. The SMILES string of the molecule is CC(C)c1cc2ncnn2nc1OCCCN1CCN(C(c2ccccc2)c2ccccc2)CC1.Cl.Cl.OCCCN1CCN(C(c2ccccc2)c2ccccc2)CC1. The predicted molar refractivity (Wildman–Crippen MR) is 247 cm³/mol. The highest BCUT2D eigenvalue weighted by atomic mass is 35.5. The number of ether oxygens (including phenoxy) is 1. The first-order valence-electron chi connectivity index (χ1n) is 21.1. The molecule has 8 rings (SSSR count). The summed E-state index contributed by atoms with van der Waals surface area (Å²) in [7, 11) is 0. The van der Waals surface area contributed by atoms with Crippen LogP contribution in [-0.2, 0) is 0 Å². The molecule has 2 aliphatic heterocycles. The van der Waals surface area contributed by atoms with E-state index in [1.165, 1.54) is 33.2 Å². The van der Waals surface area contributed by atoms with Gasteiger partial charge in [0.2, 0.25) is 5.88 Å². The van der Waals surface area contributed by atoms with Crippen molar-refractivity contribution in [3.63, 3.8) is 0 Å². The lowest BCUT2D eigenvalue weighted by Crippen LogP contribution is -2.48. The summed E-state index contributed by atoms with van der Waals surface area (Å²) in [6.07, 6.45) is 3.37. The van der Waals surface area contributed by atoms with Gasteiger partial charge in [0.1, 0.15) is 6.33 Å². The first-order chi connectivity index (χ1) is 28.6. The Bertz CT molecular complexity index is 1980. The first-order valence-corrected chi connectivity index (χ1v) is 21.1. The number of piperazine rings is 2. The molecule has 0 aliphatic carbocycles. The topological polar surface area (TPSA) is 85.5 Å². The van der Waals surface area contributed by atoms with Crippen molar-refractivity contribution >= 4 is 30.5 Å². The molecule has 10 nitrogen and oxygen atoms in total. The number of hydrogen-bond acceptors (Lipinski definition) is 9. The Labute approximate surface area is 369 Å². The van der Waals surface area contributed by atoms with Crippen molar-refractivity contribution in [2.75, 3.05) is 78.7 Å². The molecule has 2 saturated heterocycles. The van der Waals surface area contributed by atoms with Crippen LogP contribution in [0.15, 0.2) is 134 Å². The molecule has 0 unspecified atom stereocenters. The van der Waals surface area contributed by atoms with E-state index < -0.39 is 0 Å². The van der Waals surface area contributed by atoms with Crippen molar-refractivity contribution < 1.29 is 9.84 Å². The minimum atomic E-state index is 0. The van der Waals surface area contributed by atoms with E-state index in [0.29, 0.717) is 30.5 Å². The summed E-state index contributed by atoms with van der Waals surface area (Å²) in [5, 5.41) is 17.7. The van der Waals surface area contributed by atoms with Gasteiger partial charge in [0.05, 0.1) is 18.7 Å². The molecule has 6 aromatic rings. The molecule has 0 radical (unpaired) electrons. The highest BCUT2D eigenvalue weighted by Crippen LogP contribution is 2.31. The van der Waals surface area contributed by atoms with Gasteiger partial charge in [0.15, 0.2) is 5.65 Å². The fourth-order valence-electron chi connectivity index (χ4n) is 8.30. The van der Waals surface area contributed by atoms with E-state index in [0.717, 1.165) is 89.5 Å². The third-order valence-electron chi connectivity index (χ3n) is 11.4. The van der Waals surface area contributed by atoms with Gasteiger partial charge in [0.25, 0.3) is 0 Å². The summed E-state index contributed by atoms with van der Waals surface area (Å²) < 4.78 is 7.64. The maximum absolute atomic E-state index is 9.00. The van der Waals surface area contributed by atoms with E-state index >= 15 is 0 Å². The zero-order chi connectivity index (χ0) is 39.9. The van der Waals surface area contributed by atoms with Gasteiger partial charge in [0, 0.05) is 77.6 Å².